The Bertz CT molecular complexity index is 652. The number of para-hydroxylation sites is 1. The zero-order chi connectivity index (χ0) is 19.3. The van der Waals surface area contributed by atoms with Crippen LogP contribution in [0.5, 0.6) is 5.75 Å². The van der Waals surface area contributed by atoms with Crippen molar-refractivity contribution in [3.63, 3.8) is 0 Å². The first kappa shape index (κ1) is 21.5. The van der Waals surface area contributed by atoms with Crippen molar-refractivity contribution < 1.29 is 4.74 Å². The topological polar surface area (TPSA) is 22.1 Å². The number of rotatable bonds is 13. The van der Waals surface area contributed by atoms with Crippen molar-refractivity contribution in [2.45, 2.75) is 78.6 Å². The molecule has 1 heterocycles. The van der Waals surface area contributed by atoms with Crippen LogP contribution in [0.4, 0.5) is 0 Å². The van der Waals surface area contributed by atoms with E-state index in [1.807, 2.05) is 12.3 Å². The zero-order valence-corrected chi connectivity index (χ0v) is 17.5. The lowest BCUT2D eigenvalue weighted by molar-refractivity contribution is 0.303. The van der Waals surface area contributed by atoms with Crippen LogP contribution in [-0.2, 0) is 6.42 Å². The highest BCUT2D eigenvalue weighted by Crippen LogP contribution is 2.29. The molecule has 0 bridgehead atoms. The van der Waals surface area contributed by atoms with Crippen molar-refractivity contribution in [2.75, 3.05) is 6.61 Å². The fourth-order valence-electron chi connectivity index (χ4n) is 3.32. The van der Waals surface area contributed by atoms with E-state index in [9.17, 15) is 0 Å². The van der Waals surface area contributed by atoms with Gasteiger partial charge >= 0.3 is 0 Å². The maximum absolute atomic E-state index is 6.12. The van der Waals surface area contributed by atoms with Crippen molar-refractivity contribution >= 4 is 0 Å². The van der Waals surface area contributed by atoms with Gasteiger partial charge in [-0.1, -0.05) is 71.4 Å². The largest absolute Gasteiger partial charge is 0.493 e. The van der Waals surface area contributed by atoms with Crippen molar-refractivity contribution in [1.29, 1.82) is 0 Å². The summed E-state index contributed by atoms with van der Waals surface area (Å²) >= 11 is 0. The Morgan fingerprint density at radius 1 is 0.963 bits per heavy atom. The summed E-state index contributed by atoms with van der Waals surface area (Å²) in [5.41, 5.74) is 3.50. The molecule has 0 fully saturated rings. The third-order valence-corrected chi connectivity index (χ3v) is 5.35. The van der Waals surface area contributed by atoms with Crippen LogP contribution in [0.3, 0.4) is 0 Å². The van der Waals surface area contributed by atoms with Crippen LogP contribution in [0.2, 0.25) is 0 Å². The van der Waals surface area contributed by atoms with Crippen LogP contribution >= 0.6 is 0 Å². The first-order valence-corrected chi connectivity index (χ1v) is 10.9. The van der Waals surface area contributed by atoms with E-state index in [4.69, 9.17) is 4.74 Å². The highest BCUT2D eigenvalue weighted by molar-refractivity contribution is 5.67. The molecule has 1 atom stereocenters. The second-order valence-corrected chi connectivity index (χ2v) is 7.71. The molecule has 0 aliphatic heterocycles. The summed E-state index contributed by atoms with van der Waals surface area (Å²) in [6, 6.07) is 12.7. The quantitative estimate of drug-likeness (QED) is 0.343. The van der Waals surface area contributed by atoms with Crippen LogP contribution < -0.4 is 4.74 Å². The minimum Gasteiger partial charge on any atom is -0.493 e. The standard InChI is InChI=1S/C25H37NO/c1-4-6-8-14-22-17-18-26-24(20-22)23-15-10-11-16-25(23)27-19-12-7-9-13-21(3)5-2/h10-11,15-18,20-21H,4-9,12-14,19H2,1-3H3. The molecule has 27 heavy (non-hydrogen) atoms. The summed E-state index contributed by atoms with van der Waals surface area (Å²) < 4.78 is 6.12. The van der Waals surface area contributed by atoms with Gasteiger partial charge in [0.15, 0.2) is 0 Å². The van der Waals surface area contributed by atoms with Crippen LogP contribution in [0.1, 0.15) is 77.7 Å². The molecule has 2 rings (SSSR count). The monoisotopic (exact) mass is 367 g/mol. The lowest BCUT2D eigenvalue weighted by Gasteiger charge is -2.12. The van der Waals surface area contributed by atoms with Gasteiger partial charge in [-0.15, -0.1) is 0 Å². The summed E-state index contributed by atoms with van der Waals surface area (Å²) in [4.78, 5) is 4.60. The van der Waals surface area contributed by atoms with E-state index in [1.165, 1.54) is 50.5 Å². The summed E-state index contributed by atoms with van der Waals surface area (Å²) in [6.45, 7) is 7.65. The van der Waals surface area contributed by atoms with Gasteiger partial charge in [0.05, 0.1) is 12.3 Å². The second kappa shape index (κ2) is 12.5. The molecule has 2 aromatic rings. The van der Waals surface area contributed by atoms with Crippen molar-refractivity contribution in [2.24, 2.45) is 5.92 Å². The molecule has 0 saturated heterocycles. The van der Waals surface area contributed by atoms with Gasteiger partial charge in [-0.25, -0.2) is 0 Å². The van der Waals surface area contributed by atoms with E-state index >= 15 is 0 Å². The Morgan fingerprint density at radius 3 is 2.63 bits per heavy atom. The van der Waals surface area contributed by atoms with E-state index in [-0.39, 0.29) is 0 Å². The lowest BCUT2D eigenvalue weighted by atomic mass is 10.0. The van der Waals surface area contributed by atoms with Gasteiger partial charge in [-0.3, -0.25) is 4.98 Å². The minimum atomic E-state index is 0.785. The molecule has 2 heteroatoms. The Balaban J connectivity index is 1.90. The maximum atomic E-state index is 6.12. The highest BCUT2D eigenvalue weighted by Gasteiger charge is 2.08. The fourth-order valence-corrected chi connectivity index (χ4v) is 3.32. The van der Waals surface area contributed by atoms with Crippen LogP contribution in [0.25, 0.3) is 11.3 Å². The number of benzene rings is 1. The third-order valence-electron chi connectivity index (χ3n) is 5.35. The van der Waals surface area contributed by atoms with Gasteiger partial charge in [0.25, 0.3) is 0 Å². The molecule has 0 aliphatic rings. The molecular weight excluding hydrogens is 330 g/mol. The molecule has 0 aliphatic carbocycles. The Hall–Kier alpha value is -1.83. The first-order chi connectivity index (χ1) is 13.2. The van der Waals surface area contributed by atoms with E-state index in [2.05, 4.69) is 56.1 Å². The molecule has 2 nitrogen and oxygen atoms in total. The van der Waals surface area contributed by atoms with E-state index < -0.39 is 0 Å². The summed E-state index contributed by atoms with van der Waals surface area (Å²) in [6.07, 6.45) is 13.1. The molecule has 148 valence electrons. The molecule has 1 aromatic carbocycles. The average Bonchev–Trinajstić information content (AvgIpc) is 2.71. The van der Waals surface area contributed by atoms with Gasteiger partial charge in [0.2, 0.25) is 0 Å². The third kappa shape index (κ3) is 7.74. The van der Waals surface area contributed by atoms with Crippen molar-refractivity contribution in [3.05, 3.63) is 48.2 Å². The number of ether oxygens (including phenoxy) is 1. The van der Waals surface area contributed by atoms with Gasteiger partial charge in [0, 0.05) is 11.8 Å². The molecule has 0 saturated carbocycles. The van der Waals surface area contributed by atoms with Crippen molar-refractivity contribution in [1.82, 2.24) is 4.98 Å². The van der Waals surface area contributed by atoms with Gasteiger partial charge in [-0.2, -0.15) is 0 Å². The Labute approximate surface area is 166 Å². The molecular formula is C25H37NO. The Kier molecular flexibility index (Phi) is 9.97. The average molecular weight is 368 g/mol. The van der Waals surface area contributed by atoms with E-state index in [1.54, 1.807) is 0 Å². The predicted octanol–water partition coefficient (Wildman–Crippen LogP) is 7.47. The lowest BCUT2D eigenvalue weighted by Crippen LogP contribution is -2.00. The zero-order valence-electron chi connectivity index (χ0n) is 17.5. The highest BCUT2D eigenvalue weighted by atomic mass is 16.5. The van der Waals surface area contributed by atoms with E-state index in [0.29, 0.717) is 0 Å². The molecule has 0 radical (unpaired) electrons. The molecule has 0 N–H and O–H groups in total. The summed E-state index contributed by atoms with van der Waals surface area (Å²) in [5.74, 6) is 1.81. The molecule has 1 aromatic heterocycles. The number of unbranched alkanes of at least 4 members (excludes halogenated alkanes) is 4. The summed E-state index contributed by atoms with van der Waals surface area (Å²) in [5, 5.41) is 0. The minimum absolute atomic E-state index is 0.785. The fraction of sp³-hybridized carbons (Fsp3) is 0.560. The molecule has 0 amide bonds. The van der Waals surface area contributed by atoms with Gasteiger partial charge < -0.3 is 4.74 Å². The van der Waals surface area contributed by atoms with Crippen molar-refractivity contribution in [3.8, 4) is 17.0 Å². The number of pyridine rings is 1. The van der Waals surface area contributed by atoms with Gasteiger partial charge in [-0.05, 0) is 55.0 Å². The summed E-state index contributed by atoms with van der Waals surface area (Å²) in [7, 11) is 0. The van der Waals surface area contributed by atoms with E-state index in [0.717, 1.165) is 42.4 Å². The Morgan fingerprint density at radius 2 is 1.81 bits per heavy atom. The SMILES string of the molecule is CCCCCc1ccnc(-c2ccccc2OCCCCCC(C)CC)c1. The molecule has 0 spiro atoms. The maximum Gasteiger partial charge on any atom is 0.128 e. The van der Waals surface area contributed by atoms with Crippen LogP contribution in [0, 0.1) is 5.92 Å². The second-order valence-electron chi connectivity index (χ2n) is 7.71. The number of hydrogen-bond donors (Lipinski definition) is 0. The number of nitrogens with zero attached hydrogens (tertiary/aromatic N) is 1. The van der Waals surface area contributed by atoms with Crippen LogP contribution in [-0.4, -0.2) is 11.6 Å². The molecule has 1 unspecified atom stereocenters. The van der Waals surface area contributed by atoms with Gasteiger partial charge in [0.1, 0.15) is 5.75 Å². The van der Waals surface area contributed by atoms with Crippen LogP contribution in [0.15, 0.2) is 42.6 Å². The first-order valence-electron chi connectivity index (χ1n) is 10.9. The smallest absolute Gasteiger partial charge is 0.128 e. The normalized spacial score (nSPS) is 12.1. The number of hydrogen-bond acceptors (Lipinski definition) is 2. The number of aromatic nitrogens is 1. The predicted molar refractivity (Wildman–Crippen MR) is 116 cm³/mol. The number of aryl methyl sites for hydroxylation is 1.